The van der Waals surface area contributed by atoms with Crippen LogP contribution < -0.4 is 4.90 Å². The third-order valence-electron chi connectivity index (χ3n) is 5.66. The molecule has 1 N–H and O–H groups in total. The Hall–Kier alpha value is -3.86. The fourth-order valence-electron chi connectivity index (χ4n) is 4.02. The number of carboxylic acid groups (broad SMARTS) is 1. The first kappa shape index (κ1) is 22.3. The molecule has 0 atom stereocenters. The molecule has 0 aliphatic carbocycles. The molecule has 4 aromatic rings. The number of rotatable bonds is 5. The number of amides is 1. The second-order valence-electron chi connectivity index (χ2n) is 9.02. The molecule has 0 radical (unpaired) electrons. The number of nitrogens with zero attached hydrogens (tertiary/aromatic N) is 1. The van der Waals surface area contributed by atoms with Crippen LogP contribution in [-0.4, -0.2) is 22.5 Å². The van der Waals surface area contributed by atoms with Gasteiger partial charge in [-0.3, -0.25) is 9.69 Å². The van der Waals surface area contributed by atoms with E-state index < -0.39 is 11.5 Å². The summed E-state index contributed by atoms with van der Waals surface area (Å²) in [4.78, 5) is 27.2. The zero-order valence-electron chi connectivity index (χ0n) is 19.3. The van der Waals surface area contributed by atoms with Crippen LogP contribution in [0, 0.1) is 0 Å². The Morgan fingerprint density at radius 3 is 2.18 bits per heavy atom. The van der Waals surface area contributed by atoms with Gasteiger partial charge in [0.05, 0.1) is 5.69 Å². The van der Waals surface area contributed by atoms with Crippen molar-refractivity contribution >= 4 is 28.5 Å². The predicted molar refractivity (Wildman–Crippen MR) is 131 cm³/mol. The van der Waals surface area contributed by atoms with E-state index in [4.69, 9.17) is 4.42 Å². The molecule has 0 unspecified atom stereocenters. The van der Waals surface area contributed by atoms with Crippen molar-refractivity contribution in [3.8, 4) is 11.1 Å². The topological polar surface area (TPSA) is 70.8 Å². The average Bonchev–Trinajstić information content (AvgIpc) is 3.24. The number of hydrogen-bond donors (Lipinski definition) is 1. The van der Waals surface area contributed by atoms with Gasteiger partial charge in [0.2, 0.25) is 5.76 Å². The molecule has 0 saturated heterocycles. The number of carbonyl (C=O) groups is 2. The molecule has 5 heteroatoms. The molecule has 0 bridgehead atoms. The third-order valence-corrected chi connectivity index (χ3v) is 5.66. The molecule has 1 amide bonds. The normalized spacial score (nSPS) is 11.5. The van der Waals surface area contributed by atoms with Gasteiger partial charge in [0, 0.05) is 22.1 Å². The maximum Gasteiger partial charge on any atom is 0.371 e. The molecule has 4 rings (SSSR count). The van der Waals surface area contributed by atoms with Crippen molar-refractivity contribution in [3.63, 3.8) is 0 Å². The molecular weight excluding hydrogens is 414 g/mol. The van der Waals surface area contributed by atoms with Crippen LogP contribution in [0.2, 0.25) is 0 Å². The van der Waals surface area contributed by atoms with E-state index in [0.717, 1.165) is 17.5 Å². The van der Waals surface area contributed by atoms with Crippen LogP contribution in [0.25, 0.3) is 22.1 Å². The first-order valence-corrected chi connectivity index (χ1v) is 11.0. The van der Waals surface area contributed by atoms with E-state index in [1.54, 1.807) is 17.0 Å². The molecule has 1 aromatic heterocycles. The summed E-state index contributed by atoms with van der Waals surface area (Å²) in [5.74, 6) is -1.50. The number of carboxylic acids is 1. The lowest BCUT2D eigenvalue weighted by Gasteiger charge is -2.37. The standard InChI is InChI=1S/C28H27NO4/c1-5-18-11-13-19(14-12-18)22-16-15-21-17-23(27(31)32)33-25(21)24(22)29(28(2,3)4)26(30)20-9-7-6-8-10-20/h6-17H,5H2,1-4H3,(H,31,32). The molecule has 1 heterocycles. The van der Waals surface area contributed by atoms with Gasteiger partial charge in [0.15, 0.2) is 5.58 Å². The lowest BCUT2D eigenvalue weighted by atomic mass is 9.95. The van der Waals surface area contributed by atoms with Crippen molar-refractivity contribution < 1.29 is 19.1 Å². The molecule has 5 nitrogen and oxygen atoms in total. The van der Waals surface area contributed by atoms with Gasteiger partial charge in [-0.25, -0.2) is 4.79 Å². The Morgan fingerprint density at radius 2 is 1.61 bits per heavy atom. The number of fused-ring (bicyclic) bond motifs is 1. The van der Waals surface area contributed by atoms with E-state index in [-0.39, 0.29) is 11.7 Å². The Kier molecular flexibility index (Phi) is 5.81. The number of furan rings is 1. The Labute approximate surface area is 193 Å². The summed E-state index contributed by atoms with van der Waals surface area (Å²) in [7, 11) is 0. The molecule has 168 valence electrons. The smallest absolute Gasteiger partial charge is 0.371 e. The summed E-state index contributed by atoms with van der Waals surface area (Å²) < 4.78 is 5.84. The minimum atomic E-state index is -1.15. The van der Waals surface area contributed by atoms with Crippen LogP contribution in [0.1, 0.15) is 54.2 Å². The highest BCUT2D eigenvalue weighted by atomic mass is 16.4. The van der Waals surface area contributed by atoms with E-state index >= 15 is 0 Å². The van der Waals surface area contributed by atoms with Crippen molar-refractivity contribution in [1.29, 1.82) is 0 Å². The van der Waals surface area contributed by atoms with Gasteiger partial charge in [0.25, 0.3) is 5.91 Å². The van der Waals surface area contributed by atoms with Crippen molar-refractivity contribution in [3.05, 3.63) is 89.7 Å². The number of benzene rings is 3. The number of carbonyl (C=O) groups excluding carboxylic acids is 1. The van der Waals surface area contributed by atoms with E-state index in [2.05, 4.69) is 19.1 Å². The molecule has 33 heavy (non-hydrogen) atoms. The monoisotopic (exact) mass is 441 g/mol. The van der Waals surface area contributed by atoms with Gasteiger partial charge >= 0.3 is 5.97 Å². The van der Waals surface area contributed by atoms with Gasteiger partial charge in [-0.1, -0.05) is 61.5 Å². The van der Waals surface area contributed by atoms with Gasteiger partial charge in [-0.15, -0.1) is 0 Å². The summed E-state index contributed by atoms with van der Waals surface area (Å²) >= 11 is 0. The molecular formula is C28H27NO4. The van der Waals surface area contributed by atoms with E-state index in [0.29, 0.717) is 22.2 Å². The lowest BCUT2D eigenvalue weighted by molar-refractivity contribution is 0.0665. The minimum Gasteiger partial charge on any atom is -0.475 e. The van der Waals surface area contributed by atoms with Gasteiger partial charge in [0.1, 0.15) is 0 Å². The largest absolute Gasteiger partial charge is 0.475 e. The Bertz CT molecular complexity index is 1310. The Morgan fingerprint density at radius 1 is 0.939 bits per heavy atom. The second-order valence-corrected chi connectivity index (χ2v) is 9.02. The van der Waals surface area contributed by atoms with E-state index in [1.807, 2.05) is 63.2 Å². The van der Waals surface area contributed by atoms with E-state index in [1.165, 1.54) is 11.6 Å². The number of aromatic carboxylic acids is 1. The lowest BCUT2D eigenvalue weighted by Crippen LogP contribution is -2.46. The fraction of sp³-hybridized carbons (Fsp3) is 0.214. The van der Waals surface area contributed by atoms with Crippen molar-refractivity contribution in [2.24, 2.45) is 0 Å². The van der Waals surface area contributed by atoms with Crippen molar-refractivity contribution in [2.45, 2.75) is 39.7 Å². The first-order valence-electron chi connectivity index (χ1n) is 11.0. The highest BCUT2D eigenvalue weighted by Gasteiger charge is 2.34. The summed E-state index contributed by atoms with van der Waals surface area (Å²) in [6.45, 7) is 7.97. The summed E-state index contributed by atoms with van der Waals surface area (Å²) in [6, 6.07) is 22.5. The average molecular weight is 442 g/mol. The van der Waals surface area contributed by atoms with Crippen LogP contribution in [0.5, 0.6) is 0 Å². The fourth-order valence-corrected chi connectivity index (χ4v) is 4.02. The van der Waals surface area contributed by atoms with Crippen LogP contribution in [-0.2, 0) is 6.42 Å². The zero-order chi connectivity index (χ0) is 23.8. The third kappa shape index (κ3) is 4.27. The highest BCUT2D eigenvalue weighted by Crippen LogP contribution is 2.42. The van der Waals surface area contributed by atoms with Crippen LogP contribution in [0.15, 0.2) is 77.2 Å². The Balaban J connectivity index is 2.03. The number of aryl methyl sites for hydroxylation is 1. The SMILES string of the molecule is CCc1ccc(-c2ccc3cc(C(=O)O)oc3c2N(C(=O)c2ccccc2)C(C)(C)C)cc1. The predicted octanol–water partition coefficient (Wildman–Crippen LogP) is 6.81. The molecule has 0 spiro atoms. The van der Waals surface area contributed by atoms with E-state index in [9.17, 15) is 14.7 Å². The molecule has 0 aliphatic rings. The highest BCUT2D eigenvalue weighted by molar-refractivity contribution is 6.14. The molecule has 0 aliphatic heterocycles. The van der Waals surface area contributed by atoms with Crippen LogP contribution >= 0.6 is 0 Å². The maximum atomic E-state index is 13.8. The van der Waals surface area contributed by atoms with Crippen LogP contribution in [0.3, 0.4) is 0 Å². The van der Waals surface area contributed by atoms with Gasteiger partial charge in [-0.05, 0) is 56.5 Å². The van der Waals surface area contributed by atoms with Gasteiger partial charge in [-0.2, -0.15) is 0 Å². The second kappa shape index (κ2) is 8.58. The number of anilines is 1. The van der Waals surface area contributed by atoms with Gasteiger partial charge < -0.3 is 9.52 Å². The zero-order valence-corrected chi connectivity index (χ0v) is 19.3. The van der Waals surface area contributed by atoms with Crippen molar-refractivity contribution in [2.75, 3.05) is 4.90 Å². The van der Waals surface area contributed by atoms with Crippen LogP contribution in [0.4, 0.5) is 5.69 Å². The molecule has 0 saturated carbocycles. The number of hydrogen-bond acceptors (Lipinski definition) is 3. The first-order chi connectivity index (χ1) is 15.7. The van der Waals surface area contributed by atoms with Crippen molar-refractivity contribution in [1.82, 2.24) is 0 Å². The summed E-state index contributed by atoms with van der Waals surface area (Å²) in [6.07, 6.45) is 0.924. The summed E-state index contributed by atoms with van der Waals surface area (Å²) in [5.41, 5.74) is 3.80. The summed E-state index contributed by atoms with van der Waals surface area (Å²) in [5, 5.41) is 10.2. The molecule has 0 fully saturated rings. The quantitative estimate of drug-likeness (QED) is 0.369. The molecule has 3 aromatic carbocycles. The maximum absolute atomic E-state index is 13.8. The minimum absolute atomic E-state index is 0.161.